The summed E-state index contributed by atoms with van der Waals surface area (Å²) in [5.41, 5.74) is 3.40. The maximum absolute atomic E-state index is 5.58. The average Bonchev–Trinajstić information content (AvgIpc) is 2.03. The largest absolute Gasteiger partial charge is 0.378 e. The lowest BCUT2D eigenvalue weighted by molar-refractivity contribution is -0.0109. The molecule has 1 heterocycles. The van der Waals surface area contributed by atoms with E-state index in [0.717, 1.165) is 25.9 Å². The normalized spacial score (nSPS) is 31.0. The summed E-state index contributed by atoms with van der Waals surface area (Å²) < 4.78 is 5.58. The summed E-state index contributed by atoms with van der Waals surface area (Å²) in [5, 5.41) is 2.03. The molecule has 0 aliphatic carbocycles. The highest BCUT2D eigenvalue weighted by atomic mass is 16.5. The van der Waals surface area contributed by atoms with Crippen LogP contribution in [0.3, 0.4) is 0 Å². The number of nitrogens with zero attached hydrogens (tertiary/aromatic N) is 1. The van der Waals surface area contributed by atoms with Gasteiger partial charge in [0.1, 0.15) is 0 Å². The minimum Gasteiger partial charge on any atom is -0.378 e. The molecule has 3 heteroatoms. The second-order valence-electron chi connectivity index (χ2n) is 3.65. The number of hydrogen-bond donors (Lipinski definition) is 1. The lowest BCUT2D eigenvalue weighted by Gasteiger charge is -2.31. The SMILES string of the molecule is CCC1CC(NN(C)C)CCO1. The third-order valence-corrected chi connectivity index (χ3v) is 2.26. The lowest BCUT2D eigenvalue weighted by Crippen LogP contribution is -2.45. The summed E-state index contributed by atoms with van der Waals surface area (Å²) in [5.74, 6) is 0. The Kier molecular flexibility index (Phi) is 3.98. The molecule has 1 rings (SSSR count). The van der Waals surface area contributed by atoms with Crippen molar-refractivity contribution in [3.63, 3.8) is 0 Å². The highest BCUT2D eigenvalue weighted by molar-refractivity contribution is 4.74. The summed E-state index contributed by atoms with van der Waals surface area (Å²) in [6, 6.07) is 0.610. The van der Waals surface area contributed by atoms with Crippen molar-refractivity contribution < 1.29 is 4.74 Å². The van der Waals surface area contributed by atoms with E-state index >= 15 is 0 Å². The van der Waals surface area contributed by atoms with Gasteiger partial charge in [-0.3, -0.25) is 10.4 Å². The molecule has 2 atom stereocenters. The molecule has 0 bridgehead atoms. The van der Waals surface area contributed by atoms with Crippen molar-refractivity contribution in [2.45, 2.75) is 38.3 Å². The summed E-state index contributed by atoms with van der Waals surface area (Å²) in [6.45, 7) is 3.09. The maximum Gasteiger partial charge on any atom is 0.0587 e. The smallest absolute Gasteiger partial charge is 0.0587 e. The minimum atomic E-state index is 0.469. The Hall–Kier alpha value is -0.120. The highest BCUT2D eigenvalue weighted by Gasteiger charge is 2.20. The third-order valence-electron chi connectivity index (χ3n) is 2.26. The van der Waals surface area contributed by atoms with Crippen LogP contribution < -0.4 is 5.43 Å². The molecule has 0 spiro atoms. The first-order chi connectivity index (χ1) is 5.72. The van der Waals surface area contributed by atoms with Crippen LogP contribution in [0.1, 0.15) is 26.2 Å². The fraction of sp³-hybridized carbons (Fsp3) is 1.00. The minimum absolute atomic E-state index is 0.469. The van der Waals surface area contributed by atoms with Crippen LogP contribution in [-0.2, 0) is 4.74 Å². The highest BCUT2D eigenvalue weighted by Crippen LogP contribution is 2.15. The van der Waals surface area contributed by atoms with Gasteiger partial charge in [0.05, 0.1) is 6.10 Å². The van der Waals surface area contributed by atoms with E-state index in [1.807, 2.05) is 19.1 Å². The van der Waals surface area contributed by atoms with Crippen molar-refractivity contribution in [2.75, 3.05) is 20.7 Å². The fourth-order valence-electron chi connectivity index (χ4n) is 1.65. The van der Waals surface area contributed by atoms with Crippen molar-refractivity contribution in [3.8, 4) is 0 Å². The molecule has 0 amide bonds. The Morgan fingerprint density at radius 1 is 1.50 bits per heavy atom. The van der Waals surface area contributed by atoms with Gasteiger partial charge in [0, 0.05) is 26.7 Å². The number of nitrogens with one attached hydrogen (secondary N) is 1. The molecule has 1 N–H and O–H groups in total. The molecule has 72 valence electrons. The number of ether oxygens (including phenoxy) is 1. The standard InChI is InChI=1S/C9H20N2O/c1-4-9-7-8(5-6-12-9)10-11(2)3/h8-10H,4-7H2,1-3H3. The van der Waals surface area contributed by atoms with Gasteiger partial charge in [0.15, 0.2) is 0 Å². The molecule has 0 radical (unpaired) electrons. The van der Waals surface area contributed by atoms with Crippen LogP contribution in [0.15, 0.2) is 0 Å². The zero-order valence-electron chi connectivity index (χ0n) is 8.34. The topological polar surface area (TPSA) is 24.5 Å². The van der Waals surface area contributed by atoms with Crippen molar-refractivity contribution in [1.82, 2.24) is 10.4 Å². The second-order valence-corrected chi connectivity index (χ2v) is 3.65. The van der Waals surface area contributed by atoms with Gasteiger partial charge in [-0.25, -0.2) is 0 Å². The van der Waals surface area contributed by atoms with Gasteiger partial charge < -0.3 is 4.74 Å². The van der Waals surface area contributed by atoms with Crippen molar-refractivity contribution in [2.24, 2.45) is 0 Å². The predicted octanol–water partition coefficient (Wildman–Crippen LogP) is 1.01. The van der Waals surface area contributed by atoms with Crippen molar-refractivity contribution >= 4 is 0 Å². The predicted molar refractivity (Wildman–Crippen MR) is 49.9 cm³/mol. The molecular weight excluding hydrogens is 152 g/mol. The second kappa shape index (κ2) is 4.80. The van der Waals surface area contributed by atoms with Crippen LogP contribution in [-0.4, -0.2) is 37.9 Å². The maximum atomic E-state index is 5.58. The van der Waals surface area contributed by atoms with E-state index in [4.69, 9.17) is 4.74 Å². The zero-order chi connectivity index (χ0) is 8.97. The Morgan fingerprint density at radius 3 is 2.83 bits per heavy atom. The molecule has 3 nitrogen and oxygen atoms in total. The van der Waals surface area contributed by atoms with Crippen molar-refractivity contribution in [3.05, 3.63) is 0 Å². The number of hydrazine groups is 1. The zero-order valence-corrected chi connectivity index (χ0v) is 8.34. The third kappa shape index (κ3) is 3.09. The molecule has 12 heavy (non-hydrogen) atoms. The molecule has 1 aliphatic rings. The van der Waals surface area contributed by atoms with Gasteiger partial charge in [-0.1, -0.05) is 6.92 Å². The summed E-state index contributed by atoms with van der Waals surface area (Å²) in [7, 11) is 4.08. The number of hydrogen-bond acceptors (Lipinski definition) is 3. The van der Waals surface area contributed by atoms with E-state index in [1.165, 1.54) is 0 Å². The van der Waals surface area contributed by atoms with Gasteiger partial charge >= 0.3 is 0 Å². The Balaban J connectivity index is 2.25. The van der Waals surface area contributed by atoms with Gasteiger partial charge in [-0.15, -0.1) is 0 Å². The van der Waals surface area contributed by atoms with Crippen LogP contribution in [0.2, 0.25) is 0 Å². The molecule has 0 aromatic rings. The fourth-order valence-corrected chi connectivity index (χ4v) is 1.65. The van der Waals surface area contributed by atoms with Crippen LogP contribution >= 0.6 is 0 Å². The molecule has 1 aliphatic heterocycles. The quantitative estimate of drug-likeness (QED) is 0.643. The molecule has 0 aromatic carbocycles. The van der Waals surface area contributed by atoms with E-state index in [0.29, 0.717) is 12.1 Å². The van der Waals surface area contributed by atoms with E-state index in [9.17, 15) is 0 Å². The monoisotopic (exact) mass is 172 g/mol. The summed E-state index contributed by atoms with van der Waals surface area (Å²) in [6.07, 6.45) is 3.88. The van der Waals surface area contributed by atoms with E-state index < -0.39 is 0 Å². The first kappa shape index (κ1) is 9.96. The van der Waals surface area contributed by atoms with Crippen LogP contribution in [0.5, 0.6) is 0 Å². The summed E-state index contributed by atoms with van der Waals surface area (Å²) in [4.78, 5) is 0. The van der Waals surface area contributed by atoms with E-state index in [2.05, 4.69) is 12.3 Å². The van der Waals surface area contributed by atoms with Gasteiger partial charge in [0.2, 0.25) is 0 Å². The molecule has 0 saturated carbocycles. The number of rotatable bonds is 3. The van der Waals surface area contributed by atoms with E-state index in [1.54, 1.807) is 0 Å². The lowest BCUT2D eigenvalue weighted by atomic mass is 10.0. The van der Waals surface area contributed by atoms with Crippen LogP contribution in [0.4, 0.5) is 0 Å². The summed E-state index contributed by atoms with van der Waals surface area (Å²) >= 11 is 0. The molecule has 1 saturated heterocycles. The van der Waals surface area contributed by atoms with Crippen LogP contribution in [0, 0.1) is 0 Å². The van der Waals surface area contributed by atoms with Crippen molar-refractivity contribution in [1.29, 1.82) is 0 Å². The first-order valence-corrected chi connectivity index (χ1v) is 4.77. The molecule has 2 unspecified atom stereocenters. The Morgan fingerprint density at radius 2 is 2.25 bits per heavy atom. The van der Waals surface area contributed by atoms with Gasteiger partial charge in [0.25, 0.3) is 0 Å². The first-order valence-electron chi connectivity index (χ1n) is 4.77. The average molecular weight is 172 g/mol. The van der Waals surface area contributed by atoms with Gasteiger partial charge in [-0.05, 0) is 19.3 Å². The van der Waals surface area contributed by atoms with E-state index in [-0.39, 0.29) is 0 Å². The Labute approximate surface area is 75.0 Å². The molecule has 0 aromatic heterocycles. The van der Waals surface area contributed by atoms with Gasteiger partial charge in [-0.2, -0.15) is 0 Å². The molecule has 1 fully saturated rings. The Bertz CT molecular complexity index is 128. The molecular formula is C9H20N2O. The van der Waals surface area contributed by atoms with Crippen LogP contribution in [0.25, 0.3) is 0 Å².